The summed E-state index contributed by atoms with van der Waals surface area (Å²) in [6.07, 6.45) is 2.73. The van der Waals surface area contributed by atoms with E-state index in [1.807, 2.05) is 36.1 Å². The Morgan fingerprint density at radius 3 is 2.36 bits per heavy atom. The highest BCUT2D eigenvalue weighted by Gasteiger charge is 2.38. The summed E-state index contributed by atoms with van der Waals surface area (Å²) in [6, 6.07) is 24.3. The van der Waals surface area contributed by atoms with Crippen LogP contribution in [0.5, 0.6) is 11.5 Å². The molecule has 0 spiro atoms. The van der Waals surface area contributed by atoms with Gasteiger partial charge in [-0.15, -0.1) is 21.5 Å². The molecule has 13 heteroatoms. The second-order valence-corrected chi connectivity index (χ2v) is 19.4. The van der Waals surface area contributed by atoms with Crippen LogP contribution in [-0.2, 0) is 6.42 Å². The number of fused-ring (bicyclic) bond motifs is 4. The fourth-order valence-corrected chi connectivity index (χ4v) is 11.9. The maximum atomic E-state index is 16.4. The standard InChI is InChI=1S/C51H55F2N7O3S/c1-30-32(3)64-50-46(30)48(54-31(2)49-56-55-33(4)60(49)50)40-15-12-36(26-45(40)63-5)58-19-17-51(62,18-20-58)29-57-21-23-59(24-22-57)44-28-42(52)41(27-43(44)53)47-38(34-9-7-6-8-10-34)14-11-35-25-37(61)13-16-39(35)47/h6-10,12-13,15-16,25-28,31,38,47,61-62H,11,14,17-24,29H2,1-5H3/t31-,38+,47-/m0/s1. The van der Waals surface area contributed by atoms with Crippen LogP contribution in [0.3, 0.4) is 0 Å². The second kappa shape index (κ2) is 16.7. The minimum Gasteiger partial charge on any atom is -0.508 e. The predicted octanol–water partition coefficient (Wildman–Crippen LogP) is 9.17. The molecule has 332 valence electrons. The van der Waals surface area contributed by atoms with Gasteiger partial charge in [-0.25, -0.2) is 8.78 Å². The fraction of sp³-hybridized carbons (Fsp3) is 0.392. The summed E-state index contributed by atoms with van der Waals surface area (Å²) in [6.45, 7) is 12.5. The largest absolute Gasteiger partial charge is 0.508 e. The van der Waals surface area contributed by atoms with E-state index in [-0.39, 0.29) is 29.3 Å². The SMILES string of the molecule is COc1cc(N2CCC(O)(CN3CCN(c4cc(F)c([C@@H]5c6ccc(O)cc6CC[C@@H]5c5ccccc5)cc4F)CC3)CC2)ccc1C1=N[C@@H](C)c2nnc(C)n2-c2sc(C)c(C)c21. The third-order valence-corrected chi connectivity index (χ3v) is 15.5. The number of benzene rings is 4. The molecule has 2 N–H and O–H groups in total. The molecule has 0 unspecified atom stereocenters. The van der Waals surface area contributed by atoms with Gasteiger partial charge in [0.25, 0.3) is 0 Å². The zero-order valence-electron chi connectivity index (χ0n) is 37.1. The number of ether oxygens (including phenoxy) is 1. The van der Waals surface area contributed by atoms with Gasteiger partial charge in [0.2, 0.25) is 0 Å². The number of hydrogen-bond acceptors (Lipinski definition) is 10. The van der Waals surface area contributed by atoms with E-state index in [1.54, 1.807) is 30.6 Å². The molecule has 2 aromatic heterocycles. The first-order chi connectivity index (χ1) is 30.9. The molecule has 1 aliphatic carbocycles. The topological polar surface area (TPSA) is 102 Å². The van der Waals surface area contributed by atoms with Gasteiger partial charge >= 0.3 is 0 Å². The smallest absolute Gasteiger partial charge is 0.162 e. The van der Waals surface area contributed by atoms with Crippen LogP contribution in [-0.4, -0.2) is 94.1 Å². The number of piperazine rings is 1. The van der Waals surface area contributed by atoms with E-state index in [1.165, 1.54) is 22.6 Å². The maximum absolute atomic E-state index is 16.4. The lowest BCUT2D eigenvalue weighted by molar-refractivity contribution is -0.0173. The van der Waals surface area contributed by atoms with Gasteiger partial charge in [0, 0.05) is 85.6 Å². The Hall–Kier alpha value is -5.63. The van der Waals surface area contributed by atoms with Crippen molar-refractivity contribution in [2.75, 3.05) is 62.7 Å². The third-order valence-electron chi connectivity index (χ3n) is 14.3. The molecule has 3 atom stereocenters. The lowest BCUT2D eigenvalue weighted by atomic mass is 9.69. The van der Waals surface area contributed by atoms with Crippen molar-refractivity contribution in [2.24, 2.45) is 4.99 Å². The van der Waals surface area contributed by atoms with E-state index >= 15 is 8.78 Å². The molecule has 5 heterocycles. The Bertz CT molecular complexity index is 2750. The lowest BCUT2D eigenvalue weighted by Crippen LogP contribution is -2.55. The number of methoxy groups -OCH3 is 1. The van der Waals surface area contributed by atoms with E-state index in [2.05, 4.69) is 75.7 Å². The molecule has 0 saturated carbocycles. The van der Waals surface area contributed by atoms with Crippen molar-refractivity contribution in [1.29, 1.82) is 0 Å². The van der Waals surface area contributed by atoms with Gasteiger partial charge in [-0.05, 0) is 117 Å². The predicted molar refractivity (Wildman–Crippen MR) is 249 cm³/mol. The maximum Gasteiger partial charge on any atom is 0.162 e. The Labute approximate surface area is 377 Å². The number of piperidine rings is 1. The van der Waals surface area contributed by atoms with Crippen molar-refractivity contribution < 1.29 is 23.7 Å². The molecule has 4 aliphatic rings. The van der Waals surface area contributed by atoms with Gasteiger partial charge in [-0.3, -0.25) is 14.5 Å². The summed E-state index contributed by atoms with van der Waals surface area (Å²) in [7, 11) is 1.70. The number of phenols is 1. The Kier molecular flexibility index (Phi) is 11.1. The van der Waals surface area contributed by atoms with Gasteiger partial charge in [0.1, 0.15) is 40.0 Å². The van der Waals surface area contributed by atoms with E-state index in [9.17, 15) is 10.2 Å². The van der Waals surface area contributed by atoms with Crippen molar-refractivity contribution in [3.8, 4) is 16.5 Å². The van der Waals surface area contributed by atoms with Crippen LogP contribution in [0.15, 0.2) is 83.9 Å². The number of aromatic hydroxyl groups is 1. The number of aryl methyl sites for hydroxylation is 3. The van der Waals surface area contributed by atoms with E-state index in [4.69, 9.17) is 9.73 Å². The zero-order chi connectivity index (χ0) is 44.4. The summed E-state index contributed by atoms with van der Waals surface area (Å²) in [5, 5.41) is 32.1. The summed E-state index contributed by atoms with van der Waals surface area (Å²) in [5.41, 5.74) is 7.87. The normalized spacial score (nSPS) is 20.9. The number of aromatic nitrogens is 3. The molecular formula is C51H55F2N7O3S. The highest BCUT2D eigenvalue weighted by molar-refractivity contribution is 7.15. The Morgan fingerprint density at radius 2 is 1.61 bits per heavy atom. The van der Waals surface area contributed by atoms with Gasteiger partial charge in [-0.2, -0.15) is 0 Å². The van der Waals surface area contributed by atoms with Gasteiger partial charge in [-0.1, -0.05) is 36.4 Å². The summed E-state index contributed by atoms with van der Waals surface area (Å²) >= 11 is 1.74. The van der Waals surface area contributed by atoms with Crippen LogP contribution in [0.4, 0.5) is 20.2 Å². The minimum absolute atomic E-state index is 0.0297. The lowest BCUT2D eigenvalue weighted by Gasteiger charge is -2.44. The first kappa shape index (κ1) is 42.3. The molecule has 10 nitrogen and oxygen atoms in total. The molecule has 0 amide bonds. The van der Waals surface area contributed by atoms with Crippen molar-refractivity contribution in [1.82, 2.24) is 19.7 Å². The first-order valence-corrected chi connectivity index (χ1v) is 23.3. The number of nitrogens with zero attached hydrogens (tertiary/aromatic N) is 7. The van der Waals surface area contributed by atoms with Crippen LogP contribution in [0.1, 0.15) is 99.5 Å². The molecule has 3 aliphatic heterocycles. The van der Waals surface area contributed by atoms with E-state index in [0.29, 0.717) is 64.2 Å². The highest BCUT2D eigenvalue weighted by atomic mass is 32.1. The van der Waals surface area contributed by atoms with Crippen LogP contribution in [0.2, 0.25) is 0 Å². The number of β-amino-alcohol motifs (C(OH)–C–C–N with tert-alkyl or cyclic N) is 1. The Morgan fingerprint density at radius 1 is 0.844 bits per heavy atom. The minimum atomic E-state index is -0.864. The van der Waals surface area contributed by atoms with Crippen LogP contribution < -0.4 is 14.5 Å². The van der Waals surface area contributed by atoms with Crippen molar-refractivity contribution >= 4 is 28.4 Å². The first-order valence-electron chi connectivity index (χ1n) is 22.5. The monoisotopic (exact) mass is 883 g/mol. The molecule has 0 bridgehead atoms. The molecule has 2 fully saturated rings. The van der Waals surface area contributed by atoms with Crippen LogP contribution >= 0.6 is 11.3 Å². The molecule has 2 saturated heterocycles. The van der Waals surface area contributed by atoms with Gasteiger partial charge < -0.3 is 24.7 Å². The van der Waals surface area contributed by atoms with Gasteiger partial charge in [0.15, 0.2) is 5.82 Å². The number of rotatable bonds is 8. The second-order valence-electron chi connectivity index (χ2n) is 18.2. The van der Waals surface area contributed by atoms with Crippen molar-refractivity contribution in [2.45, 2.75) is 76.9 Å². The highest BCUT2D eigenvalue weighted by Crippen LogP contribution is 2.48. The number of aliphatic imine (C=N–C) groups is 1. The number of hydrogen-bond donors (Lipinski definition) is 2. The van der Waals surface area contributed by atoms with E-state index < -0.39 is 17.2 Å². The Balaban J connectivity index is 0.800. The molecule has 0 radical (unpaired) electrons. The average molecular weight is 884 g/mol. The molecular weight excluding hydrogens is 829 g/mol. The van der Waals surface area contributed by atoms with Crippen LogP contribution in [0.25, 0.3) is 5.00 Å². The summed E-state index contributed by atoms with van der Waals surface area (Å²) < 4.78 is 40.9. The molecule has 10 rings (SSSR count). The third kappa shape index (κ3) is 7.54. The molecule has 4 aromatic carbocycles. The number of anilines is 2. The molecule has 64 heavy (non-hydrogen) atoms. The van der Waals surface area contributed by atoms with Gasteiger partial charge in [0.05, 0.1) is 24.1 Å². The average Bonchev–Trinajstić information content (AvgIpc) is 3.79. The number of aliphatic hydroxyl groups is 1. The van der Waals surface area contributed by atoms with Crippen molar-refractivity contribution in [3.63, 3.8) is 0 Å². The summed E-state index contributed by atoms with van der Waals surface area (Å²) in [5.74, 6) is 1.32. The zero-order valence-corrected chi connectivity index (χ0v) is 37.9. The fourth-order valence-electron chi connectivity index (χ4n) is 10.7. The quantitative estimate of drug-likeness (QED) is 0.156. The number of halogens is 2. The van der Waals surface area contributed by atoms with E-state index in [0.717, 1.165) is 74.5 Å². The van der Waals surface area contributed by atoms with Crippen molar-refractivity contribution in [3.05, 3.63) is 146 Å². The summed E-state index contributed by atoms with van der Waals surface area (Å²) in [4.78, 5) is 13.0. The molecule has 6 aromatic rings. The number of phenolic OH excluding ortho intramolecular Hbond substituents is 1. The van der Waals surface area contributed by atoms with Crippen LogP contribution in [0, 0.1) is 32.4 Å². The number of thiophene rings is 1.